The molecule has 0 radical (unpaired) electrons. The summed E-state index contributed by atoms with van der Waals surface area (Å²) < 4.78 is 0. The number of para-hydroxylation sites is 1. The van der Waals surface area contributed by atoms with E-state index in [0.29, 0.717) is 17.6 Å². The van der Waals surface area contributed by atoms with Gasteiger partial charge < -0.3 is 9.80 Å². The van der Waals surface area contributed by atoms with Crippen LogP contribution in [0.1, 0.15) is 48.9 Å². The van der Waals surface area contributed by atoms with Crippen LogP contribution in [0.5, 0.6) is 0 Å². The molecule has 5 nitrogen and oxygen atoms in total. The van der Waals surface area contributed by atoms with E-state index in [1.807, 2.05) is 60.2 Å². The minimum atomic E-state index is 0.0276. The predicted molar refractivity (Wildman–Crippen MR) is 100 cm³/mol. The monoisotopic (exact) mass is 338 g/mol. The number of benzene rings is 1. The summed E-state index contributed by atoms with van der Waals surface area (Å²) in [5, 5.41) is 0. The van der Waals surface area contributed by atoms with Gasteiger partial charge >= 0.3 is 0 Å². The lowest BCUT2D eigenvalue weighted by Gasteiger charge is -2.35. The number of carbonyl (C=O) groups excluding carboxylic acids is 1. The number of carbonyl (C=O) groups is 1. The Labute approximate surface area is 149 Å². The van der Waals surface area contributed by atoms with Crippen molar-refractivity contribution in [2.24, 2.45) is 0 Å². The van der Waals surface area contributed by atoms with E-state index < -0.39 is 0 Å². The number of hydrogen-bond acceptors (Lipinski definition) is 4. The lowest BCUT2D eigenvalue weighted by Crippen LogP contribution is -2.43. The molecule has 1 aliphatic rings. The van der Waals surface area contributed by atoms with Gasteiger partial charge in [0.25, 0.3) is 5.91 Å². The molecule has 1 amide bonds. The zero-order chi connectivity index (χ0) is 17.8. The third kappa shape index (κ3) is 3.81. The van der Waals surface area contributed by atoms with Gasteiger partial charge in [-0.3, -0.25) is 4.79 Å². The van der Waals surface area contributed by atoms with E-state index in [-0.39, 0.29) is 5.91 Å². The Morgan fingerprint density at radius 1 is 1.24 bits per heavy atom. The lowest BCUT2D eigenvalue weighted by atomic mass is 9.99. The topological polar surface area (TPSA) is 49.3 Å². The molecule has 1 saturated heterocycles. The van der Waals surface area contributed by atoms with Gasteiger partial charge in [-0.15, -0.1) is 0 Å². The number of nitrogens with zero attached hydrogens (tertiary/aromatic N) is 4. The number of hydrogen-bond donors (Lipinski definition) is 0. The molecule has 0 bridgehead atoms. The highest BCUT2D eigenvalue weighted by Crippen LogP contribution is 2.25. The van der Waals surface area contributed by atoms with Gasteiger partial charge in [-0.1, -0.05) is 25.1 Å². The molecule has 0 N–H and O–H groups in total. The van der Waals surface area contributed by atoms with E-state index in [2.05, 4.69) is 16.9 Å². The molecular weight excluding hydrogens is 312 g/mol. The summed E-state index contributed by atoms with van der Waals surface area (Å²) in [7, 11) is 1.96. The maximum absolute atomic E-state index is 13.0. The van der Waals surface area contributed by atoms with Crippen LogP contribution in [0, 0.1) is 6.92 Å². The number of anilines is 2. The second-order valence-corrected chi connectivity index (χ2v) is 6.61. The summed E-state index contributed by atoms with van der Waals surface area (Å²) in [6, 6.07) is 12.2. The van der Waals surface area contributed by atoms with Crippen molar-refractivity contribution in [3.8, 4) is 0 Å². The molecule has 25 heavy (non-hydrogen) atoms. The van der Waals surface area contributed by atoms with Gasteiger partial charge in [0.05, 0.1) is 0 Å². The van der Waals surface area contributed by atoms with Crippen molar-refractivity contribution >= 4 is 17.4 Å². The van der Waals surface area contributed by atoms with Crippen LogP contribution in [0.4, 0.5) is 11.5 Å². The number of aryl methyl sites for hydroxylation is 1. The number of piperidine rings is 1. The first-order valence-corrected chi connectivity index (χ1v) is 9.05. The number of rotatable bonds is 4. The molecule has 1 atom stereocenters. The summed E-state index contributed by atoms with van der Waals surface area (Å²) in [5.74, 6) is 1.39. The smallest absolute Gasteiger partial charge is 0.272 e. The average Bonchev–Trinajstić information content (AvgIpc) is 2.67. The Kier molecular flexibility index (Phi) is 5.31. The molecule has 132 valence electrons. The van der Waals surface area contributed by atoms with E-state index in [9.17, 15) is 4.79 Å². The van der Waals surface area contributed by atoms with Crippen LogP contribution < -0.4 is 4.90 Å². The lowest BCUT2D eigenvalue weighted by molar-refractivity contribution is 0.0601. The molecule has 1 unspecified atom stereocenters. The summed E-state index contributed by atoms with van der Waals surface area (Å²) >= 11 is 0. The highest BCUT2D eigenvalue weighted by molar-refractivity contribution is 5.93. The van der Waals surface area contributed by atoms with Crippen molar-refractivity contribution in [1.29, 1.82) is 0 Å². The highest BCUT2D eigenvalue weighted by atomic mass is 16.2. The largest absolute Gasteiger partial charge is 0.334 e. The molecule has 5 heteroatoms. The van der Waals surface area contributed by atoms with Gasteiger partial charge in [0.15, 0.2) is 0 Å². The van der Waals surface area contributed by atoms with Crippen LogP contribution in [0.3, 0.4) is 0 Å². The molecule has 0 saturated carbocycles. The normalized spacial score (nSPS) is 17.4. The maximum atomic E-state index is 13.0. The van der Waals surface area contributed by atoms with Gasteiger partial charge in [-0.2, -0.15) is 0 Å². The van der Waals surface area contributed by atoms with Gasteiger partial charge in [0.1, 0.15) is 17.3 Å². The first-order valence-electron chi connectivity index (χ1n) is 9.05. The quantitative estimate of drug-likeness (QED) is 0.847. The molecule has 0 spiro atoms. The second-order valence-electron chi connectivity index (χ2n) is 6.61. The maximum Gasteiger partial charge on any atom is 0.272 e. The zero-order valence-corrected chi connectivity index (χ0v) is 15.3. The van der Waals surface area contributed by atoms with Crippen molar-refractivity contribution in [3.63, 3.8) is 0 Å². The first-order chi connectivity index (χ1) is 12.1. The third-order valence-electron chi connectivity index (χ3n) is 4.89. The van der Waals surface area contributed by atoms with Crippen LogP contribution >= 0.6 is 0 Å². The van der Waals surface area contributed by atoms with Crippen molar-refractivity contribution in [3.05, 3.63) is 47.9 Å². The van der Waals surface area contributed by atoms with Crippen LogP contribution in [0.15, 0.2) is 36.4 Å². The van der Waals surface area contributed by atoms with Crippen LogP contribution in [0.2, 0.25) is 0 Å². The molecule has 1 fully saturated rings. The van der Waals surface area contributed by atoms with Crippen LogP contribution in [-0.2, 0) is 0 Å². The molecule has 2 heterocycles. The molecular formula is C20H26N4O. The van der Waals surface area contributed by atoms with Crippen molar-refractivity contribution in [1.82, 2.24) is 14.9 Å². The molecule has 0 aliphatic carbocycles. The predicted octanol–water partition coefficient (Wildman–Crippen LogP) is 3.96. The first kappa shape index (κ1) is 17.4. The molecule has 2 aromatic rings. The fourth-order valence-electron chi connectivity index (χ4n) is 3.46. The average molecular weight is 338 g/mol. The van der Waals surface area contributed by atoms with Gasteiger partial charge in [0.2, 0.25) is 0 Å². The fraction of sp³-hybridized carbons (Fsp3) is 0.450. The minimum Gasteiger partial charge on any atom is -0.334 e. The van der Waals surface area contributed by atoms with Crippen molar-refractivity contribution < 1.29 is 4.79 Å². The Balaban J connectivity index is 1.90. The Morgan fingerprint density at radius 2 is 2.00 bits per heavy atom. The third-order valence-corrected chi connectivity index (χ3v) is 4.89. The summed E-state index contributed by atoms with van der Waals surface area (Å²) in [4.78, 5) is 26.0. The van der Waals surface area contributed by atoms with E-state index in [0.717, 1.165) is 37.3 Å². The molecule has 1 aliphatic heterocycles. The zero-order valence-electron chi connectivity index (χ0n) is 15.3. The van der Waals surface area contributed by atoms with E-state index in [1.165, 1.54) is 6.42 Å². The van der Waals surface area contributed by atoms with Crippen LogP contribution in [-0.4, -0.2) is 40.4 Å². The Bertz CT molecular complexity index is 732. The summed E-state index contributed by atoms with van der Waals surface area (Å²) in [6.45, 7) is 4.81. The molecule has 1 aromatic carbocycles. The second kappa shape index (κ2) is 7.64. The molecule has 3 rings (SSSR count). The standard InChI is InChI=1S/C20H26N4O/c1-4-16-10-8-9-13-24(16)20(25)18-14-19(22-15(2)21-18)23(3)17-11-6-5-7-12-17/h5-7,11-12,14,16H,4,8-10,13H2,1-3H3. The number of aromatic nitrogens is 2. The van der Waals surface area contributed by atoms with Crippen molar-refractivity contribution in [2.45, 2.75) is 45.6 Å². The summed E-state index contributed by atoms with van der Waals surface area (Å²) in [5.41, 5.74) is 1.52. The fourth-order valence-corrected chi connectivity index (χ4v) is 3.46. The van der Waals surface area contributed by atoms with Crippen LogP contribution in [0.25, 0.3) is 0 Å². The number of likely N-dealkylation sites (tertiary alicyclic amines) is 1. The Morgan fingerprint density at radius 3 is 2.72 bits per heavy atom. The van der Waals surface area contributed by atoms with E-state index >= 15 is 0 Å². The number of amides is 1. The highest BCUT2D eigenvalue weighted by Gasteiger charge is 2.27. The SMILES string of the molecule is CCC1CCCCN1C(=O)c1cc(N(C)c2ccccc2)nc(C)n1. The van der Waals surface area contributed by atoms with Gasteiger partial charge in [-0.25, -0.2) is 9.97 Å². The van der Waals surface area contributed by atoms with E-state index in [4.69, 9.17) is 0 Å². The van der Waals surface area contributed by atoms with Crippen molar-refractivity contribution in [2.75, 3.05) is 18.5 Å². The Hall–Kier alpha value is -2.43. The summed E-state index contributed by atoms with van der Waals surface area (Å²) in [6.07, 6.45) is 4.35. The minimum absolute atomic E-state index is 0.0276. The molecule has 1 aromatic heterocycles. The van der Waals surface area contributed by atoms with E-state index in [1.54, 1.807) is 0 Å². The van der Waals surface area contributed by atoms with Gasteiger partial charge in [-0.05, 0) is 44.7 Å². The van der Waals surface area contributed by atoms with Gasteiger partial charge in [0, 0.05) is 31.4 Å².